The third kappa shape index (κ3) is 3.40. The van der Waals surface area contributed by atoms with Gasteiger partial charge < -0.3 is 5.11 Å². The quantitative estimate of drug-likeness (QED) is 0.861. The van der Waals surface area contributed by atoms with E-state index < -0.39 is 26.9 Å². The number of carboxylic acids is 1. The average molecular weight is 310 g/mol. The molecule has 0 aliphatic heterocycles. The Hall–Kier alpha value is -1.91. The first kappa shape index (κ1) is 17.1. The molecule has 0 bridgehead atoms. The highest BCUT2D eigenvalue weighted by atomic mass is 32.2. The number of rotatable bonds is 5. The molecule has 0 atom stereocenters. The van der Waals surface area contributed by atoms with Crippen LogP contribution in [0.3, 0.4) is 0 Å². The SMILES string of the molecule is CC(C)(NS(=O)(=O)c1ccc(C#N)cc1)C(C)(C)C(=O)O. The molecule has 1 rings (SSSR count). The van der Waals surface area contributed by atoms with Gasteiger partial charge in [-0.15, -0.1) is 0 Å². The molecule has 0 aliphatic rings. The van der Waals surface area contributed by atoms with Gasteiger partial charge in [-0.25, -0.2) is 13.1 Å². The smallest absolute Gasteiger partial charge is 0.310 e. The minimum absolute atomic E-state index is 0.0178. The Balaban J connectivity index is 3.15. The van der Waals surface area contributed by atoms with Gasteiger partial charge >= 0.3 is 5.97 Å². The van der Waals surface area contributed by atoms with Crippen LogP contribution >= 0.6 is 0 Å². The molecule has 0 spiro atoms. The summed E-state index contributed by atoms with van der Waals surface area (Å²) >= 11 is 0. The fourth-order valence-corrected chi connectivity index (χ4v) is 3.04. The number of hydrogen-bond acceptors (Lipinski definition) is 4. The summed E-state index contributed by atoms with van der Waals surface area (Å²) in [6, 6.07) is 7.31. The fourth-order valence-electron chi connectivity index (χ4n) is 1.50. The van der Waals surface area contributed by atoms with Crippen LogP contribution in [0.2, 0.25) is 0 Å². The van der Waals surface area contributed by atoms with Crippen molar-refractivity contribution in [1.29, 1.82) is 5.26 Å². The Morgan fingerprint density at radius 2 is 1.67 bits per heavy atom. The second-order valence-electron chi connectivity index (χ2n) is 5.80. The molecule has 0 saturated heterocycles. The molecule has 0 aromatic heterocycles. The lowest BCUT2D eigenvalue weighted by molar-refractivity contribution is -0.150. The maximum atomic E-state index is 12.3. The van der Waals surface area contributed by atoms with Crippen molar-refractivity contribution in [2.45, 2.75) is 38.1 Å². The zero-order chi connectivity index (χ0) is 16.5. The number of sulfonamides is 1. The molecule has 0 amide bonds. The first-order valence-electron chi connectivity index (χ1n) is 6.21. The molecule has 7 heteroatoms. The highest BCUT2D eigenvalue weighted by Crippen LogP contribution is 2.32. The number of aliphatic carboxylic acids is 1. The molecule has 0 unspecified atom stereocenters. The van der Waals surface area contributed by atoms with Crippen molar-refractivity contribution in [2.24, 2.45) is 5.41 Å². The molecular formula is C14H18N2O4S. The van der Waals surface area contributed by atoms with E-state index in [-0.39, 0.29) is 4.90 Å². The Morgan fingerprint density at radius 3 is 2.05 bits per heavy atom. The summed E-state index contributed by atoms with van der Waals surface area (Å²) in [5.74, 6) is -1.10. The zero-order valence-corrected chi connectivity index (χ0v) is 13.2. The molecule has 0 saturated carbocycles. The van der Waals surface area contributed by atoms with Crippen LogP contribution in [0.15, 0.2) is 29.2 Å². The summed E-state index contributed by atoms with van der Waals surface area (Å²) in [5, 5.41) is 17.9. The van der Waals surface area contributed by atoms with E-state index in [1.807, 2.05) is 6.07 Å². The first-order valence-corrected chi connectivity index (χ1v) is 7.70. The molecule has 6 nitrogen and oxygen atoms in total. The lowest BCUT2D eigenvalue weighted by atomic mass is 9.75. The molecule has 0 radical (unpaired) electrons. The minimum Gasteiger partial charge on any atom is -0.481 e. The van der Waals surface area contributed by atoms with Crippen LogP contribution in [-0.4, -0.2) is 25.0 Å². The zero-order valence-electron chi connectivity index (χ0n) is 12.3. The first-order chi connectivity index (χ1) is 9.44. The summed E-state index contributed by atoms with van der Waals surface area (Å²) in [6.45, 7) is 5.94. The van der Waals surface area contributed by atoms with Crippen LogP contribution in [0.1, 0.15) is 33.3 Å². The van der Waals surface area contributed by atoms with Crippen molar-refractivity contribution < 1.29 is 18.3 Å². The van der Waals surface area contributed by atoms with E-state index in [1.54, 1.807) is 0 Å². The fraction of sp³-hybridized carbons (Fsp3) is 0.429. The highest BCUT2D eigenvalue weighted by molar-refractivity contribution is 7.89. The predicted octanol–water partition coefficient (Wildman–Crippen LogP) is 1.73. The van der Waals surface area contributed by atoms with E-state index in [4.69, 9.17) is 5.26 Å². The van der Waals surface area contributed by atoms with E-state index in [0.717, 1.165) is 0 Å². The summed E-state index contributed by atoms with van der Waals surface area (Å²) < 4.78 is 27.1. The molecular weight excluding hydrogens is 292 g/mol. The number of carboxylic acid groups (broad SMARTS) is 1. The molecule has 114 valence electrons. The summed E-state index contributed by atoms with van der Waals surface area (Å²) in [6.07, 6.45) is 0. The number of carbonyl (C=O) groups is 1. The van der Waals surface area contributed by atoms with E-state index in [0.29, 0.717) is 5.56 Å². The van der Waals surface area contributed by atoms with Gasteiger partial charge in [-0.2, -0.15) is 5.26 Å². The van der Waals surface area contributed by atoms with Crippen molar-refractivity contribution in [1.82, 2.24) is 4.72 Å². The van der Waals surface area contributed by atoms with Crippen molar-refractivity contribution in [2.75, 3.05) is 0 Å². The molecule has 0 fully saturated rings. The summed E-state index contributed by atoms with van der Waals surface area (Å²) in [7, 11) is -3.88. The van der Waals surface area contributed by atoms with Gasteiger partial charge in [0.25, 0.3) is 0 Å². The third-order valence-electron chi connectivity index (χ3n) is 3.78. The number of benzene rings is 1. The van der Waals surface area contributed by atoms with Crippen LogP contribution in [0.25, 0.3) is 0 Å². The maximum absolute atomic E-state index is 12.3. The molecule has 1 aromatic carbocycles. The molecule has 21 heavy (non-hydrogen) atoms. The van der Waals surface area contributed by atoms with Crippen LogP contribution in [0, 0.1) is 16.7 Å². The minimum atomic E-state index is -3.88. The number of nitrogens with zero attached hydrogens (tertiary/aromatic N) is 1. The predicted molar refractivity (Wildman–Crippen MR) is 77.0 cm³/mol. The Bertz CT molecular complexity index is 683. The third-order valence-corrected chi connectivity index (χ3v) is 5.45. The van der Waals surface area contributed by atoms with Crippen LogP contribution < -0.4 is 4.72 Å². The topological polar surface area (TPSA) is 107 Å². The lowest BCUT2D eigenvalue weighted by Gasteiger charge is -2.38. The van der Waals surface area contributed by atoms with Crippen molar-refractivity contribution in [3.63, 3.8) is 0 Å². The van der Waals surface area contributed by atoms with Crippen molar-refractivity contribution in [3.05, 3.63) is 29.8 Å². The van der Waals surface area contributed by atoms with Crippen molar-refractivity contribution >= 4 is 16.0 Å². The second kappa shape index (κ2) is 5.47. The van der Waals surface area contributed by atoms with Crippen LogP contribution in [0.5, 0.6) is 0 Å². The van der Waals surface area contributed by atoms with Gasteiger partial charge in [0.05, 0.1) is 21.9 Å². The average Bonchev–Trinajstić information content (AvgIpc) is 2.37. The van der Waals surface area contributed by atoms with Gasteiger partial charge in [-0.3, -0.25) is 4.79 Å². The second-order valence-corrected chi connectivity index (χ2v) is 7.48. The van der Waals surface area contributed by atoms with Crippen LogP contribution in [-0.2, 0) is 14.8 Å². The van der Waals surface area contributed by atoms with Crippen molar-refractivity contribution in [3.8, 4) is 6.07 Å². The molecule has 2 N–H and O–H groups in total. The van der Waals surface area contributed by atoms with E-state index in [9.17, 15) is 18.3 Å². The Labute approximate surface area is 124 Å². The van der Waals surface area contributed by atoms with E-state index >= 15 is 0 Å². The van der Waals surface area contributed by atoms with Gasteiger partial charge in [0.1, 0.15) is 0 Å². The van der Waals surface area contributed by atoms with Gasteiger partial charge in [-0.1, -0.05) is 0 Å². The maximum Gasteiger partial charge on any atom is 0.310 e. The Morgan fingerprint density at radius 1 is 1.19 bits per heavy atom. The molecule has 0 aliphatic carbocycles. The van der Waals surface area contributed by atoms with E-state index in [1.165, 1.54) is 52.0 Å². The number of nitriles is 1. The summed E-state index contributed by atoms with van der Waals surface area (Å²) in [5.41, 5.74) is -2.16. The molecule has 0 heterocycles. The van der Waals surface area contributed by atoms with E-state index in [2.05, 4.69) is 4.72 Å². The molecule has 1 aromatic rings. The van der Waals surface area contributed by atoms with Gasteiger partial charge in [0.15, 0.2) is 0 Å². The van der Waals surface area contributed by atoms with Gasteiger partial charge in [-0.05, 0) is 52.0 Å². The van der Waals surface area contributed by atoms with Gasteiger partial charge in [0.2, 0.25) is 10.0 Å². The van der Waals surface area contributed by atoms with Crippen LogP contribution in [0.4, 0.5) is 0 Å². The lowest BCUT2D eigenvalue weighted by Crippen LogP contribution is -2.56. The van der Waals surface area contributed by atoms with Gasteiger partial charge in [0, 0.05) is 5.54 Å². The standard InChI is InChI=1S/C14H18N2O4S/c1-13(2,12(17)18)14(3,4)16-21(19,20)11-7-5-10(9-15)6-8-11/h5-8,16H,1-4H3,(H,17,18). The number of hydrogen-bond donors (Lipinski definition) is 2. The monoisotopic (exact) mass is 310 g/mol. The largest absolute Gasteiger partial charge is 0.481 e. The number of nitrogens with one attached hydrogen (secondary N) is 1. The summed E-state index contributed by atoms with van der Waals surface area (Å²) in [4.78, 5) is 11.3. The Kier molecular flexibility index (Phi) is 4.46. The normalized spacial score (nSPS) is 12.7. The highest BCUT2D eigenvalue weighted by Gasteiger charge is 2.45.